The van der Waals surface area contributed by atoms with Gasteiger partial charge in [0.15, 0.2) is 9.84 Å². The summed E-state index contributed by atoms with van der Waals surface area (Å²) in [6.45, 7) is 1.15. The van der Waals surface area contributed by atoms with E-state index < -0.39 is 43.1 Å². The molecular weight excluding hydrogens is 304 g/mol. The molecule has 1 amide bonds. The zero-order valence-corrected chi connectivity index (χ0v) is 11.9. The van der Waals surface area contributed by atoms with Gasteiger partial charge in [-0.3, -0.25) is 14.9 Å². The highest BCUT2D eigenvalue weighted by molar-refractivity contribution is 7.92. The summed E-state index contributed by atoms with van der Waals surface area (Å²) in [6, 6.07) is 2.82. The Labute approximate surface area is 119 Å². The molecule has 10 heteroatoms. The van der Waals surface area contributed by atoms with E-state index in [1.165, 1.54) is 0 Å². The molecule has 1 unspecified atom stereocenters. The first-order valence-corrected chi connectivity index (χ1v) is 7.51. The number of nitro benzene ring substituents is 1. The van der Waals surface area contributed by atoms with Gasteiger partial charge in [0, 0.05) is 18.4 Å². The lowest BCUT2D eigenvalue weighted by atomic mass is 10.1. The molecule has 0 heterocycles. The van der Waals surface area contributed by atoms with Gasteiger partial charge in [0.2, 0.25) is 5.91 Å². The number of hydrogen-bond acceptors (Lipinski definition) is 6. The van der Waals surface area contributed by atoms with Crippen LogP contribution in [-0.4, -0.2) is 41.8 Å². The molecule has 1 atom stereocenters. The average Bonchev–Trinajstić information content (AvgIpc) is 2.36. The molecular formula is C11H12N2O7S. The standard InChI is InChI=1S/C11H12N2O7S/c1-6(21(2,19)20)10(14)12-9-4-3-7(13(17)18)5-8(9)11(15)16/h3-6H,1-2H3,(H,12,14)(H,15,16). The number of carbonyl (C=O) groups is 2. The Balaban J connectivity index is 3.17. The van der Waals surface area contributed by atoms with Gasteiger partial charge in [0.25, 0.3) is 5.69 Å². The maximum Gasteiger partial charge on any atom is 0.338 e. The zero-order chi connectivity index (χ0) is 16.4. The number of sulfone groups is 1. The van der Waals surface area contributed by atoms with E-state index in [9.17, 15) is 28.1 Å². The van der Waals surface area contributed by atoms with Crippen molar-refractivity contribution in [2.75, 3.05) is 11.6 Å². The lowest BCUT2D eigenvalue weighted by molar-refractivity contribution is -0.384. The van der Waals surface area contributed by atoms with Crippen LogP contribution in [0.2, 0.25) is 0 Å². The number of carboxylic acids is 1. The Morgan fingerprint density at radius 2 is 1.95 bits per heavy atom. The molecule has 0 aromatic heterocycles. The van der Waals surface area contributed by atoms with Crippen LogP contribution in [0.5, 0.6) is 0 Å². The van der Waals surface area contributed by atoms with Crippen LogP contribution in [0.4, 0.5) is 11.4 Å². The van der Waals surface area contributed by atoms with Crippen LogP contribution in [0.15, 0.2) is 18.2 Å². The van der Waals surface area contributed by atoms with E-state index in [1.807, 2.05) is 0 Å². The first kappa shape index (κ1) is 16.6. The van der Waals surface area contributed by atoms with Gasteiger partial charge < -0.3 is 10.4 Å². The Morgan fingerprint density at radius 3 is 2.38 bits per heavy atom. The van der Waals surface area contributed by atoms with E-state index in [4.69, 9.17) is 5.11 Å². The van der Waals surface area contributed by atoms with Crippen LogP contribution in [0.1, 0.15) is 17.3 Å². The quantitative estimate of drug-likeness (QED) is 0.599. The maximum absolute atomic E-state index is 11.7. The minimum atomic E-state index is -3.64. The number of nitrogens with one attached hydrogen (secondary N) is 1. The van der Waals surface area contributed by atoms with Crippen molar-refractivity contribution in [3.8, 4) is 0 Å². The average molecular weight is 316 g/mol. The highest BCUT2D eigenvalue weighted by Gasteiger charge is 2.25. The number of nitrogens with zero attached hydrogens (tertiary/aromatic N) is 1. The Hall–Kier alpha value is -2.49. The van der Waals surface area contributed by atoms with Crippen LogP contribution in [0, 0.1) is 10.1 Å². The normalized spacial score (nSPS) is 12.5. The van der Waals surface area contributed by atoms with Crippen molar-refractivity contribution in [3.05, 3.63) is 33.9 Å². The number of carbonyl (C=O) groups excluding carboxylic acids is 1. The van der Waals surface area contributed by atoms with E-state index in [0.717, 1.165) is 31.4 Å². The van der Waals surface area contributed by atoms with Crippen molar-refractivity contribution >= 4 is 33.1 Å². The predicted molar refractivity (Wildman–Crippen MR) is 73.0 cm³/mol. The monoisotopic (exact) mass is 316 g/mol. The molecule has 0 aliphatic carbocycles. The second-order valence-corrected chi connectivity index (χ2v) is 6.62. The highest BCUT2D eigenvalue weighted by atomic mass is 32.2. The molecule has 21 heavy (non-hydrogen) atoms. The fourth-order valence-electron chi connectivity index (χ4n) is 1.36. The predicted octanol–water partition coefficient (Wildman–Crippen LogP) is 0.665. The summed E-state index contributed by atoms with van der Waals surface area (Å²) < 4.78 is 22.5. The summed E-state index contributed by atoms with van der Waals surface area (Å²) in [6.07, 6.45) is 0.866. The third kappa shape index (κ3) is 3.99. The number of non-ortho nitro benzene ring substituents is 1. The third-order valence-electron chi connectivity index (χ3n) is 2.71. The summed E-state index contributed by atoms with van der Waals surface area (Å²) >= 11 is 0. The Morgan fingerprint density at radius 1 is 1.38 bits per heavy atom. The SMILES string of the molecule is CC(C(=O)Nc1ccc([N+](=O)[O-])cc1C(=O)O)S(C)(=O)=O. The van der Waals surface area contributed by atoms with Gasteiger partial charge in [-0.1, -0.05) is 0 Å². The number of nitro groups is 1. The summed E-state index contributed by atoms with van der Waals surface area (Å²) in [5, 5.41) is 20.3. The number of carboxylic acid groups (broad SMARTS) is 1. The van der Waals surface area contributed by atoms with Crippen molar-refractivity contribution in [3.63, 3.8) is 0 Å². The van der Waals surface area contributed by atoms with Crippen molar-refractivity contribution in [1.82, 2.24) is 0 Å². The number of amides is 1. The fourth-order valence-corrected chi connectivity index (χ4v) is 1.81. The second kappa shape index (κ2) is 5.87. The van der Waals surface area contributed by atoms with Gasteiger partial charge >= 0.3 is 5.97 Å². The van der Waals surface area contributed by atoms with Crippen LogP contribution in [0.3, 0.4) is 0 Å². The van der Waals surface area contributed by atoms with Crippen molar-refractivity contribution in [2.24, 2.45) is 0 Å². The minimum absolute atomic E-state index is 0.214. The molecule has 0 fully saturated rings. The molecule has 1 aromatic carbocycles. The Kier molecular flexibility index (Phi) is 4.63. The molecule has 1 aromatic rings. The third-order valence-corrected chi connectivity index (χ3v) is 4.21. The number of hydrogen-bond donors (Lipinski definition) is 2. The van der Waals surface area contributed by atoms with Crippen molar-refractivity contribution in [2.45, 2.75) is 12.2 Å². The van der Waals surface area contributed by atoms with Gasteiger partial charge in [-0.25, -0.2) is 13.2 Å². The van der Waals surface area contributed by atoms with Crippen molar-refractivity contribution in [1.29, 1.82) is 0 Å². The first-order valence-electron chi connectivity index (χ1n) is 5.55. The molecule has 0 saturated carbocycles. The summed E-state index contributed by atoms with van der Waals surface area (Å²) in [7, 11) is -3.64. The maximum atomic E-state index is 11.7. The summed E-state index contributed by atoms with van der Waals surface area (Å²) in [5.41, 5.74) is -1.17. The number of benzene rings is 1. The van der Waals surface area contributed by atoms with Crippen LogP contribution in [-0.2, 0) is 14.6 Å². The summed E-state index contributed by atoms with van der Waals surface area (Å²) in [4.78, 5) is 32.6. The Bertz CT molecular complexity index is 711. The lowest BCUT2D eigenvalue weighted by Gasteiger charge is -2.12. The number of anilines is 1. The van der Waals surface area contributed by atoms with Crippen molar-refractivity contribution < 1.29 is 28.0 Å². The molecule has 0 saturated heterocycles. The van der Waals surface area contributed by atoms with Crippen LogP contribution >= 0.6 is 0 Å². The van der Waals surface area contributed by atoms with Gasteiger partial charge in [0.05, 0.1) is 16.2 Å². The number of rotatable bonds is 5. The fraction of sp³-hybridized carbons (Fsp3) is 0.273. The van der Waals surface area contributed by atoms with Gasteiger partial charge in [-0.05, 0) is 13.0 Å². The topological polar surface area (TPSA) is 144 Å². The molecule has 0 aliphatic heterocycles. The van der Waals surface area contributed by atoms with Gasteiger partial charge in [-0.15, -0.1) is 0 Å². The molecule has 0 spiro atoms. The molecule has 0 aliphatic rings. The summed E-state index contributed by atoms with van der Waals surface area (Å²) in [5.74, 6) is -2.41. The van der Waals surface area contributed by atoms with Gasteiger partial charge in [0.1, 0.15) is 5.25 Å². The highest BCUT2D eigenvalue weighted by Crippen LogP contribution is 2.22. The molecule has 0 bridgehead atoms. The smallest absolute Gasteiger partial charge is 0.338 e. The van der Waals surface area contributed by atoms with Crippen LogP contribution in [0.25, 0.3) is 0 Å². The van der Waals surface area contributed by atoms with Gasteiger partial charge in [-0.2, -0.15) is 0 Å². The number of aromatic carboxylic acids is 1. The molecule has 9 nitrogen and oxygen atoms in total. The van der Waals surface area contributed by atoms with E-state index >= 15 is 0 Å². The van der Waals surface area contributed by atoms with E-state index in [1.54, 1.807) is 0 Å². The molecule has 114 valence electrons. The zero-order valence-electron chi connectivity index (χ0n) is 11.1. The molecule has 1 rings (SSSR count). The molecule has 2 N–H and O–H groups in total. The van der Waals surface area contributed by atoms with E-state index in [-0.39, 0.29) is 5.69 Å². The molecule has 0 radical (unpaired) electrons. The lowest BCUT2D eigenvalue weighted by Crippen LogP contribution is -2.32. The largest absolute Gasteiger partial charge is 0.478 e. The van der Waals surface area contributed by atoms with Crippen LogP contribution < -0.4 is 5.32 Å². The van der Waals surface area contributed by atoms with E-state index in [0.29, 0.717) is 0 Å². The first-order chi connectivity index (χ1) is 9.54. The minimum Gasteiger partial charge on any atom is -0.478 e. The second-order valence-electron chi connectivity index (χ2n) is 4.25. The van der Waals surface area contributed by atoms with E-state index in [2.05, 4.69) is 5.32 Å².